The van der Waals surface area contributed by atoms with Gasteiger partial charge in [0.15, 0.2) is 5.78 Å². The van der Waals surface area contributed by atoms with Crippen LogP contribution in [0.2, 0.25) is 0 Å². The summed E-state index contributed by atoms with van der Waals surface area (Å²) >= 11 is 0. The highest BCUT2D eigenvalue weighted by molar-refractivity contribution is 5.98. The van der Waals surface area contributed by atoms with Crippen LogP contribution in [0.25, 0.3) is 0 Å². The lowest BCUT2D eigenvalue weighted by molar-refractivity contribution is -0.143. The van der Waals surface area contributed by atoms with E-state index in [1.807, 2.05) is 12.1 Å². The van der Waals surface area contributed by atoms with Crippen molar-refractivity contribution in [3.8, 4) is 0 Å². The Bertz CT molecular complexity index is 534. The van der Waals surface area contributed by atoms with Gasteiger partial charge in [-0.05, 0) is 17.9 Å². The lowest BCUT2D eigenvalue weighted by Gasteiger charge is -2.14. The molecule has 0 fully saturated rings. The Kier molecular flexibility index (Phi) is 6.76. The van der Waals surface area contributed by atoms with Gasteiger partial charge < -0.3 is 10.0 Å². The number of ketones is 1. The number of rotatable bonds is 8. The van der Waals surface area contributed by atoms with Crippen molar-refractivity contribution in [1.82, 2.24) is 4.90 Å². The van der Waals surface area contributed by atoms with E-state index in [1.165, 1.54) is 12.6 Å². The summed E-state index contributed by atoms with van der Waals surface area (Å²) in [6.45, 7) is 3.92. The molecular formula is C17H23NO4. The molecule has 1 amide bonds. The van der Waals surface area contributed by atoms with E-state index < -0.39 is 5.97 Å². The minimum Gasteiger partial charge on any atom is -0.480 e. The molecule has 1 aromatic rings. The third-order valence-corrected chi connectivity index (χ3v) is 3.28. The molecule has 0 heterocycles. The van der Waals surface area contributed by atoms with Gasteiger partial charge in [-0.1, -0.05) is 38.1 Å². The molecule has 0 aliphatic carbocycles. The Morgan fingerprint density at radius 1 is 1.09 bits per heavy atom. The average molecular weight is 305 g/mol. The maximum Gasteiger partial charge on any atom is 0.323 e. The summed E-state index contributed by atoms with van der Waals surface area (Å²) in [6.07, 6.45) is 1.08. The third-order valence-electron chi connectivity index (χ3n) is 3.28. The van der Waals surface area contributed by atoms with Crippen molar-refractivity contribution < 1.29 is 19.5 Å². The summed E-state index contributed by atoms with van der Waals surface area (Å²) in [7, 11) is 1.42. The minimum atomic E-state index is -1.07. The van der Waals surface area contributed by atoms with Gasteiger partial charge in [-0.3, -0.25) is 14.4 Å². The number of likely N-dealkylation sites (N-methyl/N-ethyl adjacent to an activating group) is 1. The fourth-order valence-corrected chi connectivity index (χ4v) is 2.14. The lowest BCUT2D eigenvalue weighted by Crippen LogP contribution is -2.32. The van der Waals surface area contributed by atoms with Crippen LogP contribution in [-0.2, 0) is 16.0 Å². The smallest absolute Gasteiger partial charge is 0.323 e. The molecule has 1 rings (SSSR count). The van der Waals surface area contributed by atoms with Gasteiger partial charge in [0.2, 0.25) is 5.91 Å². The molecule has 1 aromatic carbocycles. The Hall–Kier alpha value is -2.17. The molecule has 0 atom stereocenters. The lowest BCUT2D eigenvalue weighted by atomic mass is 9.99. The standard InChI is InChI=1S/C17H23NO4/c1-12(2)10-13-4-6-14(7-5-13)15(19)8-9-16(20)18(3)11-17(21)22/h4-7,12H,8-11H2,1-3H3,(H,21,22). The van der Waals surface area contributed by atoms with E-state index in [0.717, 1.165) is 11.3 Å². The zero-order chi connectivity index (χ0) is 16.7. The first-order chi connectivity index (χ1) is 10.3. The number of benzene rings is 1. The van der Waals surface area contributed by atoms with E-state index >= 15 is 0 Å². The predicted octanol–water partition coefficient (Wildman–Crippen LogP) is 2.39. The highest BCUT2D eigenvalue weighted by Gasteiger charge is 2.14. The fraction of sp³-hybridized carbons (Fsp3) is 0.471. The highest BCUT2D eigenvalue weighted by atomic mass is 16.4. The van der Waals surface area contributed by atoms with Crippen LogP contribution in [0.4, 0.5) is 0 Å². The second-order valence-corrected chi connectivity index (χ2v) is 5.86. The van der Waals surface area contributed by atoms with Gasteiger partial charge in [-0.25, -0.2) is 0 Å². The van der Waals surface area contributed by atoms with E-state index in [0.29, 0.717) is 11.5 Å². The zero-order valence-corrected chi connectivity index (χ0v) is 13.3. The molecule has 0 saturated heterocycles. The van der Waals surface area contributed by atoms with Crippen molar-refractivity contribution in [2.45, 2.75) is 33.1 Å². The molecule has 0 saturated carbocycles. The van der Waals surface area contributed by atoms with Crippen LogP contribution in [0.1, 0.15) is 42.6 Å². The molecule has 0 aromatic heterocycles. The molecule has 0 spiro atoms. The molecule has 120 valence electrons. The molecule has 5 nitrogen and oxygen atoms in total. The Morgan fingerprint density at radius 3 is 2.18 bits per heavy atom. The molecule has 1 N–H and O–H groups in total. The van der Waals surface area contributed by atoms with Crippen LogP contribution in [0, 0.1) is 5.92 Å². The number of carbonyl (C=O) groups excluding carboxylic acids is 2. The van der Waals surface area contributed by atoms with Crippen LogP contribution in [0.3, 0.4) is 0 Å². The summed E-state index contributed by atoms with van der Waals surface area (Å²) in [5.41, 5.74) is 1.77. The number of aliphatic carboxylic acids is 1. The Balaban J connectivity index is 2.51. The van der Waals surface area contributed by atoms with E-state index in [9.17, 15) is 14.4 Å². The van der Waals surface area contributed by atoms with Crippen molar-refractivity contribution in [1.29, 1.82) is 0 Å². The van der Waals surface area contributed by atoms with Crippen molar-refractivity contribution in [3.63, 3.8) is 0 Å². The number of hydrogen-bond acceptors (Lipinski definition) is 3. The predicted molar refractivity (Wildman–Crippen MR) is 83.8 cm³/mol. The molecule has 0 radical (unpaired) electrons. The number of amides is 1. The van der Waals surface area contributed by atoms with Crippen LogP contribution in [0.5, 0.6) is 0 Å². The van der Waals surface area contributed by atoms with Gasteiger partial charge in [0.05, 0.1) is 0 Å². The second-order valence-electron chi connectivity index (χ2n) is 5.86. The topological polar surface area (TPSA) is 74.7 Å². The third kappa shape index (κ3) is 6.08. The summed E-state index contributed by atoms with van der Waals surface area (Å²) < 4.78 is 0. The molecule has 0 aliphatic rings. The van der Waals surface area contributed by atoms with E-state index in [1.54, 1.807) is 12.1 Å². The minimum absolute atomic E-state index is 0.0242. The van der Waals surface area contributed by atoms with Gasteiger partial charge in [0.1, 0.15) is 6.54 Å². The van der Waals surface area contributed by atoms with E-state index in [2.05, 4.69) is 13.8 Å². The van der Waals surface area contributed by atoms with Crippen molar-refractivity contribution in [3.05, 3.63) is 35.4 Å². The summed E-state index contributed by atoms with van der Waals surface area (Å²) in [4.78, 5) is 35.4. The van der Waals surface area contributed by atoms with Gasteiger partial charge in [-0.2, -0.15) is 0 Å². The maximum absolute atomic E-state index is 12.0. The molecule has 0 unspecified atom stereocenters. The van der Waals surface area contributed by atoms with Crippen molar-refractivity contribution >= 4 is 17.7 Å². The molecule has 5 heteroatoms. The first-order valence-corrected chi connectivity index (χ1v) is 7.37. The number of carboxylic acid groups (broad SMARTS) is 1. The molecule has 0 bridgehead atoms. The normalized spacial score (nSPS) is 10.5. The fourth-order valence-electron chi connectivity index (χ4n) is 2.14. The van der Waals surface area contributed by atoms with Crippen molar-refractivity contribution in [2.75, 3.05) is 13.6 Å². The Morgan fingerprint density at radius 2 is 1.68 bits per heavy atom. The summed E-state index contributed by atoms with van der Waals surface area (Å²) in [5.74, 6) is -0.952. The van der Waals surface area contributed by atoms with Gasteiger partial charge in [0, 0.05) is 25.5 Å². The number of nitrogens with zero attached hydrogens (tertiary/aromatic N) is 1. The number of Topliss-reactive ketones (excluding diaryl/α,β-unsaturated/α-hetero) is 1. The van der Waals surface area contributed by atoms with Crippen LogP contribution >= 0.6 is 0 Å². The van der Waals surface area contributed by atoms with Crippen molar-refractivity contribution in [2.24, 2.45) is 5.92 Å². The van der Waals surface area contributed by atoms with E-state index in [4.69, 9.17) is 5.11 Å². The zero-order valence-electron chi connectivity index (χ0n) is 13.3. The molecule has 0 aliphatic heterocycles. The summed E-state index contributed by atoms with van der Waals surface area (Å²) in [5, 5.41) is 8.62. The van der Waals surface area contributed by atoms with Crippen LogP contribution in [-0.4, -0.2) is 41.3 Å². The monoisotopic (exact) mass is 305 g/mol. The second kappa shape index (κ2) is 8.32. The average Bonchev–Trinajstić information content (AvgIpc) is 2.43. The van der Waals surface area contributed by atoms with Crippen LogP contribution in [0.15, 0.2) is 24.3 Å². The van der Waals surface area contributed by atoms with Gasteiger partial charge in [-0.15, -0.1) is 0 Å². The Labute approximate surface area is 130 Å². The number of hydrogen-bond donors (Lipinski definition) is 1. The number of carbonyl (C=O) groups is 3. The molecule has 22 heavy (non-hydrogen) atoms. The van der Waals surface area contributed by atoms with Gasteiger partial charge >= 0.3 is 5.97 Å². The maximum atomic E-state index is 12.0. The van der Waals surface area contributed by atoms with Crippen LogP contribution < -0.4 is 0 Å². The SMILES string of the molecule is CC(C)Cc1ccc(C(=O)CCC(=O)N(C)CC(=O)O)cc1. The number of carboxylic acids is 1. The largest absolute Gasteiger partial charge is 0.480 e. The van der Waals surface area contributed by atoms with Gasteiger partial charge in [0.25, 0.3) is 0 Å². The first kappa shape index (κ1) is 17.9. The molecular weight excluding hydrogens is 282 g/mol. The highest BCUT2D eigenvalue weighted by Crippen LogP contribution is 2.12. The first-order valence-electron chi connectivity index (χ1n) is 7.37. The quantitative estimate of drug-likeness (QED) is 0.748. The summed E-state index contributed by atoms with van der Waals surface area (Å²) in [6, 6.07) is 7.44. The van der Waals surface area contributed by atoms with E-state index in [-0.39, 0.29) is 31.1 Å².